The number of hydrogen-bond acceptors (Lipinski definition) is 2. The fourth-order valence-electron chi connectivity index (χ4n) is 1.52. The molecule has 1 rings (SSSR count). The lowest BCUT2D eigenvalue weighted by Gasteiger charge is -2.19. The molecular formula is C15H22O2. The fraction of sp³-hybridized carbons (Fsp3) is 0.533. The van der Waals surface area contributed by atoms with E-state index in [9.17, 15) is 9.90 Å². The third-order valence-electron chi connectivity index (χ3n) is 2.87. The zero-order valence-electron chi connectivity index (χ0n) is 11.4. The Morgan fingerprint density at radius 3 is 1.88 bits per heavy atom. The van der Waals surface area contributed by atoms with Crippen molar-refractivity contribution in [3.8, 4) is 0 Å². The molecule has 1 aromatic carbocycles. The summed E-state index contributed by atoms with van der Waals surface area (Å²) in [7, 11) is 0. The summed E-state index contributed by atoms with van der Waals surface area (Å²) >= 11 is 0. The van der Waals surface area contributed by atoms with E-state index in [0.717, 1.165) is 5.56 Å². The molecule has 0 radical (unpaired) electrons. The summed E-state index contributed by atoms with van der Waals surface area (Å²) in [6.45, 7) is 9.52. The summed E-state index contributed by atoms with van der Waals surface area (Å²) in [6, 6.07) is 8.02. The van der Waals surface area contributed by atoms with Crippen molar-refractivity contribution in [3.63, 3.8) is 0 Å². The van der Waals surface area contributed by atoms with Crippen LogP contribution in [0, 0.1) is 0 Å². The molecule has 1 N–H and O–H groups in total. The van der Waals surface area contributed by atoms with Crippen LogP contribution in [0.4, 0.5) is 0 Å². The van der Waals surface area contributed by atoms with Crippen LogP contribution in [0.3, 0.4) is 0 Å². The van der Waals surface area contributed by atoms with Gasteiger partial charge >= 0.3 is 0 Å². The molecule has 0 aliphatic heterocycles. The van der Waals surface area contributed by atoms with Crippen LogP contribution >= 0.6 is 0 Å². The van der Waals surface area contributed by atoms with Gasteiger partial charge in [-0.25, -0.2) is 0 Å². The van der Waals surface area contributed by atoms with E-state index >= 15 is 0 Å². The largest absolute Gasteiger partial charge is 0.383 e. The Morgan fingerprint density at radius 2 is 1.53 bits per heavy atom. The average Bonchev–Trinajstić information content (AvgIpc) is 2.15. The molecule has 0 aromatic heterocycles. The van der Waals surface area contributed by atoms with Gasteiger partial charge in [-0.2, -0.15) is 0 Å². The Balaban J connectivity index is 2.80. The molecule has 2 nitrogen and oxygen atoms in total. The summed E-state index contributed by atoms with van der Waals surface area (Å²) in [4.78, 5) is 11.7. The molecule has 0 saturated carbocycles. The van der Waals surface area contributed by atoms with Gasteiger partial charge in [0.1, 0.15) is 5.60 Å². The van der Waals surface area contributed by atoms with Crippen molar-refractivity contribution in [2.75, 3.05) is 0 Å². The summed E-state index contributed by atoms with van der Waals surface area (Å²) < 4.78 is 0. The van der Waals surface area contributed by atoms with Gasteiger partial charge in [-0.3, -0.25) is 4.79 Å². The van der Waals surface area contributed by atoms with Crippen molar-refractivity contribution in [3.05, 3.63) is 35.4 Å². The second kappa shape index (κ2) is 4.61. The Labute approximate surface area is 104 Å². The van der Waals surface area contributed by atoms with Gasteiger partial charge in [0.15, 0.2) is 5.78 Å². The van der Waals surface area contributed by atoms with Gasteiger partial charge in [0, 0.05) is 6.42 Å². The molecule has 1 aromatic rings. The van der Waals surface area contributed by atoms with Crippen LogP contribution in [0.5, 0.6) is 0 Å². The molecule has 0 heterocycles. The number of carbonyl (C=O) groups excluding carboxylic acids is 1. The zero-order valence-corrected chi connectivity index (χ0v) is 11.4. The van der Waals surface area contributed by atoms with E-state index in [2.05, 4.69) is 20.8 Å². The van der Waals surface area contributed by atoms with Gasteiger partial charge in [0.25, 0.3) is 0 Å². The molecule has 17 heavy (non-hydrogen) atoms. The van der Waals surface area contributed by atoms with Crippen LogP contribution < -0.4 is 0 Å². The van der Waals surface area contributed by atoms with Crippen molar-refractivity contribution >= 4 is 5.78 Å². The van der Waals surface area contributed by atoms with Crippen molar-refractivity contribution in [2.45, 2.75) is 52.1 Å². The number of benzene rings is 1. The molecule has 0 atom stereocenters. The maximum absolute atomic E-state index is 11.7. The molecule has 2 heteroatoms. The van der Waals surface area contributed by atoms with Gasteiger partial charge in [-0.1, -0.05) is 45.0 Å². The van der Waals surface area contributed by atoms with Crippen LogP contribution in [-0.2, 0) is 16.6 Å². The molecule has 0 amide bonds. The predicted molar refractivity (Wildman–Crippen MR) is 70.2 cm³/mol. The lowest BCUT2D eigenvalue weighted by atomic mass is 9.86. The third-order valence-corrected chi connectivity index (χ3v) is 2.87. The molecule has 0 aliphatic carbocycles. The lowest BCUT2D eigenvalue weighted by molar-refractivity contribution is -0.133. The van der Waals surface area contributed by atoms with Gasteiger partial charge in [0.2, 0.25) is 0 Å². The quantitative estimate of drug-likeness (QED) is 0.873. The molecule has 0 bridgehead atoms. The van der Waals surface area contributed by atoms with E-state index < -0.39 is 5.60 Å². The molecule has 0 fully saturated rings. The normalized spacial score (nSPS) is 12.6. The second-order valence-electron chi connectivity index (χ2n) is 6.11. The number of hydrogen-bond donors (Lipinski definition) is 1. The topological polar surface area (TPSA) is 37.3 Å². The SMILES string of the molecule is CC(C)(O)C(=O)Cc1ccc(C(C)(C)C)cc1. The van der Waals surface area contributed by atoms with Crippen molar-refractivity contribution in [1.29, 1.82) is 0 Å². The number of carbonyl (C=O) groups is 1. The molecule has 0 spiro atoms. The smallest absolute Gasteiger partial charge is 0.168 e. The molecule has 0 unspecified atom stereocenters. The second-order valence-corrected chi connectivity index (χ2v) is 6.11. The first-order valence-electron chi connectivity index (χ1n) is 5.96. The third kappa shape index (κ3) is 3.97. The van der Waals surface area contributed by atoms with Gasteiger partial charge in [-0.05, 0) is 30.4 Å². The highest BCUT2D eigenvalue weighted by Crippen LogP contribution is 2.22. The minimum Gasteiger partial charge on any atom is -0.383 e. The van der Waals surface area contributed by atoms with E-state index in [0.29, 0.717) is 0 Å². The van der Waals surface area contributed by atoms with Crippen LogP contribution in [0.25, 0.3) is 0 Å². The minimum atomic E-state index is -1.25. The van der Waals surface area contributed by atoms with E-state index in [1.54, 1.807) is 0 Å². The number of ketones is 1. The molecule has 0 saturated heterocycles. The van der Waals surface area contributed by atoms with Crippen LogP contribution in [0.2, 0.25) is 0 Å². The standard InChI is InChI=1S/C15H22O2/c1-14(2,3)12-8-6-11(7-9-12)10-13(16)15(4,5)17/h6-9,17H,10H2,1-5H3. The monoisotopic (exact) mass is 234 g/mol. The number of aliphatic hydroxyl groups is 1. The van der Waals surface area contributed by atoms with Crippen LogP contribution in [-0.4, -0.2) is 16.5 Å². The first kappa shape index (κ1) is 13.9. The Morgan fingerprint density at radius 1 is 1.06 bits per heavy atom. The summed E-state index contributed by atoms with van der Waals surface area (Å²) in [6.07, 6.45) is 0.286. The maximum Gasteiger partial charge on any atom is 0.168 e. The highest BCUT2D eigenvalue weighted by molar-refractivity contribution is 5.88. The number of Topliss-reactive ketones (excluding diaryl/α,β-unsaturated/α-hetero) is 1. The van der Waals surface area contributed by atoms with E-state index in [-0.39, 0.29) is 17.6 Å². The number of rotatable bonds is 3. The van der Waals surface area contributed by atoms with Crippen molar-refractivity contribution in [2.24, 2.45) is 0 Å². The first-order valence-corrected chi connectivity index (χ1v) is 5.96. The van der Waals surface area contributed by atoms with Crippen LogP contribution in [0.15, 0.2) is 24.3 Å². The average molecular weight is 234 g/mol. The predicted octanol–water partition coefficient (Wildman–Crippen LogP) is 2.87. The van der Waals surface area contributed by atoms with Crippen LogP contribution in [0.1, 0.15) is 45.7 Å². The Kier molecular flexibility index (Phi) is 3.78. The van der Waals surface area contributed by atoms with E-state index in [1.165, 1.54) is 19.4 Å². The molecule has 0 aliphatic rings. The Hall–Kier alpha value is -1.15. The van der Waals surface area contributed by atoms with Crippen molar-refractivity contribution < 1.29 is 9.90 Å². The minimum absolute atomic E-state index is 0.124. The van der Waals surface area contributed by atoms with E-state index in [1.807, 2.05) is 24.3 Å². The zero-order chi connectivity index (χ0) is 13.3. The summed E-state index contributed by atoms with van der Waals surface area (Å²) in [5.41, 5.74) is 1.07. The van der Waals surface area contributed by atoms with Crippen molar-refractivity contribution in [1.82, 2.24) is 0 Å². The van der Waals surface area contributed by atoms with Gasteiger partial charge in [-0.15, -0.1) is 0 Å². The van der Waals surface area contributed by atoms with Gasteiger partial charge < -0.3 is 5.11 Å². The molecule has 94 valence electrons. The van der Waals surface area contributed by atoms with E-state index in [4.69, 9.17) is 0 Å². The highest BCUT2D eigenvalue weighted by Gasteiger charge is 2.23. The Bertz CT molecular complexity index is 388. The molecular weight excluding hydrogens is 212 g/mol. The first-order chi connectivity index (χ1) is 7.60. The summed E-state index contributed by atoms with van der Waals surface area (Å²) in [5.74, 6) is -0.152. The highest BCUT2D eigenvalue weighted by atomic mass is 16.3. The van der Waals surface area contributed by atoms with Gasteiger partial charge in [0.05, 0.1) is 0 Å². The lowest BCUT2D eigenvalue weighted by Crippen LogP contribution is -2.32. The fourth-order valence-corrected chi connectivity index (χ4v) is 1.52. The maximum atomic E-state index is 11.7. The summed E-state index contributed by atoms with van der Waals surface area (Å²) in [5, 5.41) is 9.58.